The molecule has 0 N–H and O–H groups in total. The SMILES string of the molecule is C.C.C.C.[2H]P=O.[K+].[PH2-]. The van der Waals surface area contributed by atoms with Crippen molar-refractivity contribution in [1.29, 1.82) is 1.28 Å². The summed E-state index contributed by atoms with van der Waals surface area (Å²) in [6.07, 6.45) is 0. The van der Waals surface area contributed by atoms with Crippen LogP contribution in [0.5, 0.6) is 0 Å². The summed E-state index contributed by atoms with van der Waals surface area (Å²) in [7, 11) is -0.583. The molecule has 0 amide bonds. The van der Waals surface area contributed by atoms with Crippen LogP contribution in [-0.4, -0.2) is 1.28 Å². The number of hydrogen-bond acceptors (Lipinski definition) is 1. The molecule has 0 aromatic heterocycles. The molecule has 0 aromatic carbocycles. The van der Waals surface area contributed by atoms with E-state index in [0.29, 0.717) is 0 Å². The average molecular weight is 185 g/mol. The molecule has 8 heavy (non-hydrogen) atoms. The van der Waals surface area contributed by atoms with Gasteiger partial charge in [-0.05, 0) is 0 Å². The Hall–Kier alpha value is 2.17. The zero-order valence-electron chi connectivity index (χ0n) is 3.43. The Balaban J connectivity index is -0.00000000133. The van der Waals surface area contributed by atoms with E-state index in [1.54, 1.807) is 0 Å². The van der Waals surface area contributed by atoms with Gasteiger partial charge in [-0.15, -0.1) is 0 Å². The molecule has 0 unspecified atom stereocenters. The maximum Gasteiger partial charge on any atom is 1.00 e. The first kappa shape index (κ1) is 49.2. The first-order valence-corrected chi connectivity index (χ1v) is 0.548. The van der Waals surface area contributed by atoms with Gasteiger partial charge in [0.15, 0.2) is 0 Å². The summed E-state index contributed by atoms with van der Waals surface area (Å²) in [4.78, 5) is 0. The van der Waals surface area contributed by atoms with Crippen molar-refractivity contribution in [3.8, 4) is 0 Å². The average Bonchev–Trinajstić information content (AvgIpc) is 0.918. The Kier molecular flexibility index (Phi) is 801. The van der Waals surface area contributed by atoms with E-state index >= 15 is 0 Å². The third-order valence-electron chi connectivity index (χ3n) is 0. The topological polar surface area (TPSA) is 17.1 Å². The fraction of sp³-hybridized carbons (Fsp3) is 1.00. The van der Waals surface area contributed by atoms with Crippen molar-refractivity contribution in [1.82, 2.24) is 0 Å². The van der Waals surface area contributed by atoms with Crippen LogP contribution in [0.3, 0.4) is 0 Å². The van der Waals surface area contributed by atoms with Crippen molar-refractivity contribution in [3.63, 3.8) is 0 Å². The van der Waals surface area contributed by atoms with Gasteiger partial charge in [0.25, 0.3) is 0 Å². The van der Waals surface area contributed by atoms with E-state index in [9.17, 15) is 0 Å². The first-order chi connectivity index (χ1) is 1.41. The Morgan fingerprint density at radius 1 is 1.12 bits per heavy atom. The normalized spacial score (nSPS) is 2.75. The summed E-state index contributed by atoms with van der Waals surface area (Å²) >= 11 is 0. The van der Waals surface area contributed by atoms with Gasteiger partial charge in [0.05, 0.1) is 0 Å². The molecule has 0 radical (unpaired) electrons. The monoisotopic (exact) mass is 185 g/mol. The van der Waals surface area contributed by atoms with Crippen molar-refractivity contribution in [3.05, 3.63) is 0 Å². The van der Waals surface area contributed by atoms with Gasteiger partial charge in [0.2, 0.25) is 0 Å². The first-order valence-electron chi connectivity index (χ1n) is 0.630. The molecule has 0 spiro atoms. The van der Waals surface area contributed by atoms with Gasteiger partial charge in [-0.2, -0.15) is 0 Å². The molecular weight excluding hydrogens is 165 g/mol. The zero-order valence-corrected chi connectivity index (χ0v) is 7.61. The predicted molar refractivity (Wildman–Crippen MR) is 45.6 cm³/mol. The molecule has 0 aliphatic carbocycles. The second kappa shape index (κ2) is 130. The van der Waals surface area contributed by atoms with Crippen LogP contribution in [0.2, 0.25) is 0 Å². The Morgan fingerprint density at radius 2 is 1.12 bits per heavy atom. The summed E-state index contributed by atoms with van der Waals surface area (Å²) < 4.78 is 14.2. The molecule has 0 bridgehead atoms. The summed E-state index contributed by atoms with van der Waals surface area (Å²) in [6, 6.07) is 0. The molecule has 0 heterocycles. The molecule has 0 saturated heterocycles. The third kappa shape index (κ3) is 89.4. The maximum absolute atomic E-state index is 8.57. The van der Waals surface area contributed by atoms with Crippen LogP contribution in [0.4, 0.5) is 0 Å². The molecule has 0 aromatic rings. The van der Waals surface area contributed by atoms with Gasteiger partial charge in [0, 0.05) is 0 Å². The van der Waals surface area contributed by atoms with E-state index in [1.807, 2.05) is 0 Å². The van der Waals surface area contributed by atoms with E-state index in [-0.39, 0.29) is 91.0 Å². The van der Waals surface area contributed by atoms with Crippen LogP contribution in [0.15, 0.2) is 0 Å². The molecule has 0 aliphatic rings. The van der Waals surface area contributed by atoms with E-state index in [2.05, 4.69) is 0 Å². The van der Waals surface area contributed by atoms with Gasteiger partial charge < -0.3 is 9.90 Å². The summed E-state index contributed by atoms with van der Waals surface area (Å²) in [6.45, 7) is 0. The molecule has 0 rings (SSSR count). The van der Waals surface area contributed by atoms with Crippen LogP contribution in [0, 0.1) is 0 Å². The van der Waals surface area contributed by atoms with Crippen molar-refractivity contribution < 1.29 is 55.9 Å². The number of hydrogen-bond donors (Lipinski definition) is 0. The predicted octanol–water partition coefficient (Wildman–Crippen LogP) is 0.349. The largest absolute Gasteiger partial charge is 1.00 e. The maximum atomic E-state index is 8.57. The van der Waals surface area contributed by atoms with Crippen LogP contribution in [0.25, 0.3) is 0 Å². The van der Waals surface area contributed by atoms with Crippen LogP contribution in [0.1, 0.15) is 29.7 Å². The van der Waals surface area contributed by atoms with Gasteiger partial charge in [-0.1, -0.05) is 29.7 Å². The van der Waals surface area contributed by atoms with Gasteiger partial charge >= 0.3 is 51.4 Å². The molecule has 52 valence electrons. The summed E-state index contributed by atoms with van der Waals surface area (Å²) in [5.74, 6) is 0. The quantitative estimate of drug-likeness (QED) is 0.393. The number of rotatable bonds is 0. The minimum Gasteiger partial charge on any atom is -0.577 e. The minimum absolute atomic E-state index is 0. The molecular formula is C4H19KOP2. The van der Waals surface area contributed by atoms with Gasteiger partial charge in [0.1, 0.15) is 10.3 Å². The zero-order chi connectivity index (χ0) is 2.71. The van der Waals surface area contributed by atoms with Crippen molar-refractivity contribution in [2.75, 3.05) is 0 Å². The van der Waals surface area contributed by atoms with Crippen molar-refractivity contribution in [2.45, 2.75) is 29.7 Å². The van der Waals surface area contributed by atoms with Gasteiger partial charge in [-0.3, -0.25) is 4.57 Å². The molecule has 1 nitrogen and oxygen atoms in total. The molecule has 0 aliphatic heterocycles. The minimum atomic E-state index is -0.583. The van der Waals surface area contributed by atoms with Crippen molar-refractivity contribution >= 4 is 19.0 Å². The summed E-state index contributed by atoms with van der Waals surface area (Å²) in [5, 5.41) is 0. The smallest absolute Gasteiger partial charge is 0.577 e. The second-order valence-corrected chi connectivity index (χ2v) is 0. The van der Waals surface area contributed by atoms with E-state index in [1.165, 1.54) is 0 Å². The molecule has 4 heteroatoms. The standard InChI is InChI=1S/4CH4.K.HOP.H2P/c;;;;;1-2;/h4*1H4;;2H;1H2/q;;;;+1;;-1/i;;;;;2D;. The van der Waals surface area contributed by atoms with Gasteiger partial charge in [-0.25, -0.2) is 0 Å². The Morgan fingerprint density at radius 3 is 1.12 bits per heavy atom. The summed E-state index contributed by atoms with van der Waals surface area (Å²) in [5.41, 5.74) is 0. The fourth-order valence-electron chi connectivity index (χ4n) is 0. The molecule has 0 saturated carbocycles. The van der Waals surface area contributed by atoms with E-state index < -0.39 is 9.06 Å². The Labute approximate surface area is 104 Å². The Bertz CT molecular complexity index is 26.0. The van der Waals surface area contributed by atoms with Crippen LogP contribution < -0.4 is 51.4 Å². The molecule has 0 atom stereocenters. The fourth-order valence-corrected chi connectivity index (χ4v) is 0. The van der Waals surface area contributed by atoms with Crippen LogP contribution >= 0.6 is 19.0 Å². The van der Waals surface area contributed by atoms with Crippen LogP contribution in [-0.2, 0) is 4.57 Å². The van der Waals surface area contributed by atoms with E-state index in [0.717, 1.165) is 0 Å². The van der Waals surface area contributed by atoms with E-state index in [4.69, 9.17) is 5.84 Å². The third-order valence-corrected chi connectivity index (χ3v) is 0. The second-order valence-electron chi connectivity index (χ2n) is 0. The molecule has 0 fully saturated rings. The van der Waals surface area contributed by atoms with Crippen molar-refractivity contribution in [2.24, 2.45) is 0 Å².